The third-order valence-corrected chi connectivity index (χ3v) is 7.97. The Balaban J connectivity index is 1.39. The Bertz CT molecular complexity index is 1220. The number of hydrogen-bond acceptors (Lipinski definition) is 2. The Morgan fingerprint density at radius 3 is 2.44 bits per heavy atom. The summed E-state index contributed by atoms with van der Waals surface area (Å²) >= 11 is 0. The van der Waals surface area contributed by atoms with Gasteiger partial charge in [-0.1, -0.05) is 63.5 Å². The fourth-order valence-electron chi connectivity index (χ4n) is 6.23. The second kappa shape index (κ2) is 8.73. The molecule has 2 aromatic carbocycles. The van der Waals surface area contributed by atoms with Gasteiger partial charge in [0.1, 0.15) is 11.2 Å². The van der Waals surface area contributed by atoms with Crippen LogP contribution in [0, 0.1) is 5.92 Å². The highest BCUT2D eigenvalue weighted by molar-refractivity contribution is 6.08. The Morgan fingerprint density at radius 2 is 1.59 bits per heavy atom. The van der Waals surface area contributed by atoms with Crippen LogP contribution in [0.25, 0.3) is 33.2 Å². The summed E-state index contributed by atoms with van der Waals surface area (Å²) in [5.74, 6) is 1.52. The highest BCUT2D eigenvalue weighted by atomic mass is 16.3. The minimum atomic E-state index is 0.700. The number of fused-ring (bicyclic) bond motifs is 3. The monoisotopic (exact) mass is 423 g/mol. The quantitative estimate of drug-likeness (QED) is 0.328. The van der Waals surface area contributed by atoms with Crippen molar-refractivity contribution in [3.8, 4) is 11.3 Å². The summed E-state index contributed by atoms with van der Waals surface area (Å²) in [6.45, 7) is 0. The molecule has 0 spiro atoms. The van der Waals surface area contributed by atoms with Crippen molar-refractivity contribution in [1.82, 2.24) is 4.98 Å². The number of hydrogen-bond donors (Lipinski definition) is 0. The first-order valence-corrected chi connectivity index (χ1v) is 12.8. The molecule has 0 amide bonds. The normalized spacial score (nSPS) is 18.5. The van der Waals surface area contributed by atoms with E-state index >= 15 is 0 Å². The smallest absolute Gasteiger partial charge is 0.135 e. The van der Waals surface area contributed by atoms with Crippen molar-refractivity contribution in [3.63, 3.8) is 0 Å². The zero-order chi connectivity index (χ0) is 21.3. The van der Waals surface area contributed by atoms with Crippen LogP contribution < -0.4 is 0 Å². The molecule has 32 heavy (non-hydrogen) atoms. The number of pyridine rings is 1. The van der Waals surface area contributed by atoms with Gasteiger partial charge in [0, 0.05) is 22.5 Å². The minimum absolute atomic E-state index is 0.700. The lowest BCUT2D eigenvalue weighted by molar-refractivity contribution is 0.357. The fraction of sp³-hybridized carbons (Fsp3) is 0.433. The summed E-state index contributed by atoms with van der Waals surface area (Å²) in [5, 5.41) is 2.56. The number of furan rings is 1. The molecule has 0 aliphatic heterocycles. The van der Waals surface area contributed by atoms with E-state index in [1.165, 1.54) is 98.1 Å². The molecular weight excluding hydrogens is 390 g/mol. The van der Waals surface area contributed by atoms with E-state index in [2.05, 4.69) is 48.5 Å². The number of rotatable bonds is 4. The molecule has 0 atom stereocenters. The molecule has 2 fully saturated rings. The summed E-state index contributed by atoms with van der Waals surface area (Å²) in [5.41, 5.74) is 7.22. The summed E-state index contributed by atoms with van der Waals surface area (Å²) in [4.78, 5) is 4.76. The lowest BCUT2D eigenvalue weighted by Gasteiger charge is -2.22. The van der Waals surface area contributed by atoms with Crippen molar-refractivity contribution in [3.05, 3.63) is 65.9 Å². The molecular formula is C30H33NO. The number of benzene rings is 2. The molecule has 2 aliphatic carbocycles. The first-order valence-electron chi connectivity index (χ1n) is 12.8. The summed E-state index contributed by atoms with van der Waals surface area (Å²) in [6, 6.07) is 17.8. The molecule has 2 aromatic heterocycles. The maximum Gasteiger partial charge on any atom is 0.135 e. The Morgan fingerprint density at radius 1 is 0.781 bits per heavy atom. The molecule has 2 heterocycles. The van der Waals surface area contributed by atoms with Crippen LogP contribution in [-0.4, -0.2) is 4.98 Å². The van der Waals surface area contributed by atoms with Crippen LogP contribution in [0.15, 0.2) is 59.1 Å². The van der Waals surface area contributed by atoms with Crippen LogP contribution >= 0.6 is 0 Å². The zero-order valence-electron chi connectivity index (χ0n) is 19.0. The average molecular weight is 424 g/mol. The van der Waals surface area contributed by atoms with Gasteiger partial charge in [0.25, 0.3) is 0 Å². The predicted octanol–water partition coefficient (Wildman–Crippen LogP) is 8.82. The Labute approximate surface area is 191 Å². The third-order valence-electron chi connectivity index (χ3n) is 7.97. The van der Waals surface area contributed by atoms with Crippen LogP contribution in [0.2, 0.25) is 0 Å². The molecule has 0 radical (unpaired) electrons. The van der Waals surface area contributed by atoms with E-state index < -0.39 is 0 Å². The Kier molecular flexibility index (Phi) is 5.46. The van der Waals surface area contributed by atoms with Crippen molar-refractivity contribution < 1.29 is 4.42 Å². The molecule has 2 heteroatoms. The van der Waals surface area contributed by atoms with Gasteiger partial charge in [0.05, 0.1) is 5.69 Å². The molecule has 164 valence electrons. The summed E-state index contributed by atoms with van der Waals surface area (Å²) in [6.07, 6.45) is 16.9. The number of nitrogens with zero attached hydrogens (tertiary/aromatic N) is 1. The van der Waals surface area contributed by atoms with Crippen molar-refractivity contribution in [2.24, 2.45) is 5.92 Å². The lowest BCUT2D eigenvalue weighted by atomic mass is 9.83. The van der Waals surface area contributed by atoms with Gasteiger partial charge < -0.3 is 4.42 Å². The van der Waals surface area contributed by atoms with Crippen LogP contribution in [0.5, 0.6) is 0 Å². The van der Waals surface area contributed by atoms with Crippen LogP contribution in [0.3, 0.4) is 0 Å². The largest absolute Gasteiger partial charge is 0.456 e. The Hall–Kier alpha value is -2.61. The molecule has 6 rings (SSSR count). The van der Waals surface area contributed by atoms with Crippen molar-refractivity contribution in [2.45, 2.75) is 76.5 Å². The van der Waals surface area contributed by atoms with Gasteiger partial charge in [-0.2, -0.15) is 0 Å². The average Bonchev–Trinajstić information content (AvgIpc) is 3.24. The molecule has 0 saturated heterocycles. The van der Waals surface area contributed by atoms with E-state index in [0.717, 1.165) is 22.8 Å². The van der Waals surface area contributed by atoms with Crippen molar-refractivity contribution in [2.75, 3.05) is 0 Å². The highest BCUT2D eigenvalue weighted by Crippen LogP contribution is 2.38. The molecule has 4 aromatic rings. The van der Waals surface area contributed by atoms with E-state index in [-0.39, 0.29) is 0 Å². The zero-order valence-corrected chi connectivity index (χ0v) is 19.0. The van der Waals surface area contributed by atoms with Crippen LogP contribution in [0.4, 0.5) is 0 Å². The van der Waals surface area contributed by atoms with Gasteiger partial charge in [0.15, 0.2) is 0 Å². The highest BCUT2D eigenvalue weighted by Gasteiger charge is 2.19. The van der Waals surface area contributed by atoms with Gasteiger partial charge in [-0.05, 0) is 78.6 Å². The van der Waals surface area contributed by atoms with Crippen LogP contribution in [-0.2, 0) is 6.42 Å². The predicted molar refractivity (Wildman–Crippen MR) is 133 cm³/mol. The molecule has 0 unspecified atom stereocenters. The van der Waals surface area contributed by atoms with E-state index in [1.54, 1.807) is 0 Å². The minimum Gasteiger partial charge on any atom is -0.456 e. The van der Waals surface area contributed by atoms with Gasteiger partial charge in [-0.25, -0.2) is 0 Å². The first-order chi connectivity index (χ1) is 15.8. The first kappa shape index (κ1) is 20.0. The second-order valence-electron chi connectivity index (χ2n) is 10.1. The van der Waals surface area contributed by atoms with Gasteiger partial charge in [-0.3, -0.25) is 4.98 Å². The topological polar surface area (TPSA) is 26.0 Å². The summed E-state index contributed by atoms with van der Waals surface area (Å²) in [7, 11) is 0. The van der Waals surface area contributed by atoms with Gasteiger partial charge in [0.2, 0.25) is 0 Å². The second-order valence-corrected chi connectivity index (χ2v) is 10.1. The van der Waals surface area contributed by atoms with Crippen LogP contribution in [0.1, 0.15) is 81.3 Å². The molecule has 2 nitrogen and oxygen atoms in total. The molecule has 2 aliphatic rings. The van der Waals surface area contributed by atoms with E-state index in [0.29, 0.717) is 5.92 Å². The molecule has 0 N–H and O–H groups in total. The summed E-state index contributed by atoms with van der Waals surface area (Å²) < 4.78 is 6.27. The third kappa shape index (κ3) is 3.85. The standard InChI is InChI=1S/C30H33NO/c1-3-8-21(9-4-1)18-25-12-7-13-29-30(25)26-19-24(14-15-28(26)32-29)27-20-23(16-17-31-27)22-10-5-2-6-11-22/h7,12-17,19-22H,1-6,8-11,18H2. The van der Waals surface area contributed by atoms with Crippen molar-refractivity contribution in [1.29, 1.82) is 0 Å². The maximum absolute atomic E-state index is 6.27. The molecule has 2 saturated carbocycles. The SMILES string of the molecule is c1cc(CC2CCCCC2)c2c(c1)oc1ccc(-c3cc(C4CCCCC4)ccn3)cc12. The number of aromatic nitrogens is 1. The van der Waals surface area contributed by atoms with Gasteiger partial charge >= 0.3 is 0 Å². The van der Waals surface area contributed by atoms with E-state index in [9.17, 15) is 0 Å². The maximum atomic E-state index is 6.27. The lowest BCUT2D eigenvalue weighted by Crippen LogP contribution is -2.09. The van der Waals surface area contributed by atoms with Crippen molar-refractivity contribution >= 4 is 21.9 Å². The van der Waals surface area contributed by atoms with Gasteiger partial charge in [-0.15, -0.1) is 0 Å². The van der Waals surface area contributed by atoms with E-state index in [4.69, 9.17) is 9.40 Å². The fourth-order valence-corrected chi connectivity index (χ4v) is 6.23. The van der Waals surface area contributed by atoms with E-state index in [1.807, 2.05) is 6.20 Å². The molecule has 0 bridgehead atoms.